The third-order valence-electron chi connectivity index (χ3n) is 12.6. The van der Waals surface area contributed by atoms with Crippen LogP contribution < -0.4 is 10.4 Å². The highest BCUT2D eigenvalue weighted by Gasteiger charge is 2.22. The van der Waals surface area contributed by atoms with Crippen LogP contribution in [0.5, 0.6) is 0 Å². The highest BCUT2D eigenvalue weighted by molar-refractivity contribution is 6.07. The summed E-state index contributed by atoms with van der Waals surface area (Å²) in [7, 11) is 0. The summed E-state index contributed by atoms with van der Waals surface area (Å²) < 4.78 is 2.32. The van der Waals surface area contributed by atoms with Crippen LogP contribution in [0.25, 0.3) is 90.0 Å². The van der Waals surface area contributed by atoms with E-state index in [1.54, 1.807) is 0 Å². The molecule has 2 aliphatic rings. The summed E-state index contributed by atoms with van der Waals surface area (Å²) in [4.78, 5) is 5.22. The maximum atomic E-state index is 5.22. The van der Waals surface area contributed by atoms with Gasteiger partial charge in [0.1, 0.15) is 5.82 Å². The van der Waals surface area contributed by atoms with E-state index in [9.17, 15) is 0 Å². The smallest absolute Gasteiger partial charge is 0.121 e. The second-order valence-electron chi connectivity index (χ2n) is 16.1. The van der Waals surface area contributed by atoms with Gasteiger partial charge in [0.05, 0.1) is 11.0 Å². The van der Waals surface area contributed by atoms with Gasteiger partial charge in [-0.05, 0) is 150 Å². The maximum Gasteiger partial charge on any atom is 0.121 e. The SMILES string of the molecule is C=CC(C/C=C/c1ccc2c(C3=Cc4cc5ccccc5cc4CC3)c3c(c(-c4ccccc4)c2c1)=CCCC=3)c1nc2ccccc2n1-c1ccc2ccccc2c1. The standard InChI is InChI=1S/C57H44N2/c1-2-39(57-58-53-25-12-13-26-54(53)59(57)48-31-30-40-16-6-7-21-44(40)37-48)22-14-15-38-27-32-51-52(33-38)55(41-17-4-3-5-18-41)49-23-10-11-24-50(49)56(51)46-29-28-45-34-42-19-8-9-20-43(42)35-47(45)36-46/h2-9,12-21,23-27,30-37,39H,1,10-11,22,28-29H2/b15-14+. The number of aryl methyl sites for hydroxylation is 1. The van der Waals surface area contributed by atoms with Crippen molar-refractivity contribution in [1.29, 1.82) is 0 Å². The molecular weight excluding hydrogens is 713 g/mol. The second kappa shape index (κ2) is 14.7. The van der Waals surface area contributed by atoms with Gasteiger partial charge in [0.2, 0.25) is 0 Å². The Morgan fingerprint density at radius 2 is 1.34 bits per heavy atom. The first-order valence-corrected chi connectivity index (χ1v) is 21.0. The number of imidazole rings is 1. The fraction of sp³-hybridized carbons (Fsp3) is 0.105. The van der Waals surface area contributed by atoms with Crippen LogP contribution in [0.4, 0.5) is 0 Å². The van der Waals surface area contributed by atoms with E-state index in [1.807, 2.05) is 0 Å². The van der Waals surface area contributed by atoms with Gasteiger partial charge >= 0.3 is 0 Å². The number of allylic oxidation sites excluding steroid dienone is 3. The summed E-state index contributed by atoms with van der Waals surface area (Å²) >= 11 is 0. The number of rotatable bonds is 8. The number of hydrogen-bond acceptors (Lipinski definition) is 1. The number of nitrogens with zero attached hydrogens (tertiary/aromatic N) is 2. The monoisotopic (exact) mass is 756 g/mol. The van der Waals surface area contributed by atoms with Crippen molar-refractivity contribution in [3.8, 4) is 16.8 Å². The first-order valence-electron chi connectivity index (χ1n) is 21.0. The molecule has 0 bridgehead atoms. The minimum Gasteiger partial charge on any atom is -0.296 e. The zero-order valence-electron chi connectivity index (χ0n) is 33.1. The Hall–Kier alpha value is -7.03. The Morgan fingerprint density at radius 1 is 0.627 bits per heavy atom. The Bertz CT molecular complexity index is 3320. The first kappa shape index (κ1) is 35.2. The molecule has 1 heterocycles. The number of fused-ring (bicyclic) bond motifs is 6. The lowest BCUT2D eigenvalue weighted by Crippen LogP contribution is -2.33. The molecule has 2 heteroatoms. The van der Waals surface area contributed by atoms with E-state index in [1.165, 1.54) is 81.7 Å². The molecule has 0 amide bonds. The third kappa shape index (κ3) is 6.24. The lowest BCUT2D eigenvalue weighted by atomic mass is 9.81. The van der Waals surface area contributed by atoms with Gasteiger partial charge in [-0.25, -0.2) is 4.98 Å². The van der Waals surface area contributed by atoms with Crippen LogP contribution in [0.2, 0.25) is 0 Å². The van der Waals surface area contributed by atoms with E-state index in [-0.39, 0.29) is 5.92 Å². The molecular formula is C57H44N2. The fourth-order valence-corrected chi connectivity index (χ4v) is 9.71. The maximum absolute atomic E-state index is 5.22. The van der Waals surface area contributed by atoms with Gasteiger partial charge in [0, 0.05) is 11.6 Å². The first-order chi connectivity index (χ1) is 29.2. The van der Waals surface area contributed by atoms with Crippen molar-refractivity contribution in [2.75, 3.05) is 0 Å². The zero-order chi connectivity index (χ0) is 39.3. The molecule has 0 spiro atoms. The van der Waals surface area contributed by atoms with Crippen LogP contribution >= 0.6 is 0 Å². The van der Waals surface area contributed by atoms with Crippen LogP contribution in [-0.2, 0) is 6.42 Å². The fourth-order valence-electron chi connectivity index (χ4n) is 9.71. The Labute approximate surface area is 345 Å². The van der Waals surface area contributed by atoms with Gasteiger partial charge in [0.15, 0.2) is 0 Å². The van der Waals surface area contributed by atoms with E-state index in [4.69, 9.17) is 4.98 Å². The van der Waals surface area contributed by atoms with Crippen LogP contribution in [-0.4, -0.2) is 9.55 Å². The molecule has 11 rings (SSSR count). The van der Waals surface area contributed by atoms with Crippen molar-refractivity contribution < 1.29 is 0 Å². The molecule has 8 aromatic carbocycles. The molecule has 0 N–H and O–H groups in total. The molecule has 1 atom stereocenters. The molecule has 0 saturated carbocycles. The van der Waals surface area contributed by atoms with Gasteiger partial charge in [0.25, 0.3) is 0 Å². The molecule has 1 unspecified atom stereocenters. The minimum atomic E-state index is 0.0208. The Morgan fingerprint density at radius 3 is 2.15 bits per heavy atom. The lowest BCUT2D eigenvalue weighted by molar-refractivity contribution is 0.767. The molecule has 2 aliphatic carbocycles. The molecule has 1 aromatic heterocycles. The predicted molar refractivity (Wildman–Crippen MR) is 252 cm³/mol. The predicted octanol–water partition coefficient (Wildman–Crippen LogP) is 13.4. The summed E-state index contributed by atoms with van der Waals surface area (Å²) in [6.07, 6.45) is 19.1. The highest BCUT2D eigenvalue weighted by atomic mass is 15.1. The number of aromatic nitrogens is 2. The third-order valence-corrected chi connectivity index (χ3v) is 12.6. The Kier molecular flexibility index (Phi) is 8.77. The largest absolute Gasteiger partial charge is 0.296 e. The molecule has 0 radical (unpaired) electrons. The topological polar surface area (TPSA) is 17.8 Å². The number of hydrogen-bond donors (Lipinski definition) is 0. The van der Waals surface area contributed by atoms with E-state index in [2.05, 4.69) is 199 Å². The van der Waals surface area contributed by atoms with E-state index >= 15 is 0 Å². The average Bonchev–Trinajstić information content (AvgIpc) is 3.68. The summed E-state index contributed by atoms with van der Waals surface area (Å²) in [5, 5.41) is 10.5. The van der Waals surface area contributed by atoms with Crippen LogP contribution in [0.3, 0.4) is 0 Å². The zero-order valence-corrected chi connectivity index (χ0v) is 33.1. The van der Waals surface area contributed by atoms with Crippen LogP contribution in [0.1, 0.15) is 59.7 Å². The van der Waals surface area contributed by atoms with Crippen molar-refractivity contribution in [3.63, 3.8) is 0 Å². The van der Waals surface area contributed by atoms with Crippen LogP contribution in [0, 0.1) is 0 Å². The van der Waals surface area contributed by atoms with E-state index in [0.717, 1.165) is 54.6 Å². The highest BCUT2D eigenvalue weighted by Crippen LogP contribution is 2.38. The molecule has 2 nitrogen and oxygen atoms in total. The van der Waals surface area contributed by atoms with Gasteiger partial charge in [-0.3, -0.25) is 4.57 Å². The number of benzene rings is 8. The second-order valence-corrected chi connectivity index (χ2v) is 16.1. The number of para-hydroxylation sites is 2. The van der Waals surface area contributed by atoms with Crippen molar-refractivity contribution in [2.45, 2.75) is 38.0 Å². The minimum absolute atomic E-state index is 0.0208. The summed E-state index contributed by atoms with van der Waals surface area (Å²) in [6, 6.07) is 55.4. The van der Waals surface area contributed by atoms with E-state index < -0.39 is 0 Å². The molecule has 59 heavy (non-hydrogen) atoms. The molecule has 0 aliphatic heterocycles. The van der Waals surface area contributed by atoms with Crippen molar-refractivity contribution in [2.24, 2.45) is 0 Å². The molecule has 0 fully saturated rings. The van der Waals surface area contributed by atoms with Crippen molar-refractivity contribution in [1.82, 2.24) is 9.55 Å². The normalized spacial score (nSPS) is 14.2. The quantitative estimate of drug-likeness (QED) is 0.141. The molecule has 9 aromatic rings. The molecule has 0 saturated heterocycles. The van der Waals surface area contributed by atoms with Crippen molar-refractivity contribution >= 4 is 73.2 Å². The molecule has 282 valence electrons. The van der Waals surface area contributed by atoms with Crippen LogP contribution in [0.15, 0.2) is 170 Å². The van der Waals surface area contributed by atoms with Gasteiger partial charge < -0.3 is 0 Å². The van der Waals surface area contributed by atoms with Gasteiger partial charge in [-0.15, -0.1) is 6.58 Å². The van der Waals surface area contributed by atoms with Gasteiger partial charge in [-0.1, -0.05) is 152 Å². The van der Waals surface area contributed by atoms with E-state index in [0.29, 0.717) is 0 Å². The average molecular weight is 757 g/mol. The summed E-state index contributed by atoms with van der Waals surface area (Å²) in [6.45, 7) is 4.33. The summed E-state index contributed by atoms with van der Waals surface area (Å²) in [5.41, 5.74) is 12.6. The lowest BCUT2D eigenvalue weighted by Gasteiger charge is -2.23. The Balaban J connectivity index is 1.02. The van der Waals surface area contributed by atoms with Crippen molar-refractivity contribution in [3.05, 3.63) is 209 Å². The van der Waals surface area contributed by atoms with Gasteiger partial charge in [-0.2, -0.15) is 0 Å². The summed E-state index contributed by atoms with van der Waals surface area (Å²) in [5.74, 6) is 1.02.